The maximum Gasteiger partial charge on any atom is 0.242 e. The van der Waals surface area contributed by atoms with E-state index in [9.17, 15) is 14.0 Å². The van der Waals surface area contributed by atoms with Gasteiger partial charge in [-0.15, -0.1) is 11.3 Å². The van der Waals surface area contributed by atoms with Gasteiger partial charge in [-0.2, -0.15) is 0 Å². The van der Waals surface area contributed by atoms with E-state index in [1.165, 1.54) is 17.0 Å². The molecule has 3 heterocycles. The van der Waals surface area contributed by atoms with E-state index in [0.717, 1.165) is 24.8 Å². The fourth-order valence-electron chi connectivity index (χ4n) is 4.35. The molecule has 0 spiro atoms. The van der Waals surface area contributed by atoms with Gasteiger partial charge < -0.3 is 19.3 Å². The Hall–Kier alpha value is -2.45. The number of thiophene rings is 1. The van der Waals surface area contributed by atoms with Gasteiger partial charge >= 0.3 is 0 Å². The standard InChI is InChI=1S/C24H29FN2O4S/c1-2-23(28)26(14-19-4-3-12-30-19)15-24(29)27-11-9-22-20(10-13-32-22)21(27)16-31-18-7-5-17(25)6-8-18/h5-8,10,13,19,21H,2-4,9,11-12,14-16H2,1H3/t19-,21+/m0/s1. The monoisotopic (exact) mass is 460 g/mol. The van der Waals surface area contributed by atoms with Crippen LogP contribution in [-0.4, -0.2) is 60.6 Å². The second-order valence-electron chi connectivity index (χ2n) is 8.18. The Labute approximate surface area is 191 Å². The predicted octanol–water partition coefficient (Wildman–Crippen LogP) is 3.81. The third-order valence-electron chi connectivity index (χ3n) is 6.07. The molecule has 1 fully saturated rings. The lowest BCUT2D eigenvalue weighted by molar-refractivity contribution is -0.143. The molecule has 0 unspecified atom stereocenters. The summed E-state index contributed by atoms with van der Waals surface area (Å²) in [7, 11) is 0. The van der Waals surface area contributed by atoms with E-state index in [-0.39, 0.29) is 42.9 Å². The Bertz CT molecular complexity index is 926. The lowest BCUT2D eigenvalue weighted by Crippen LogP contribution is -2.49. The van der Waals surface area contributed by atoms with Crippen molar-refractivity contribution < 1.29 is 23.5 Å². The average molecular weight is 461 g/mol. The molecule has 0 bridgehead atoms. The Morgan fingerprint density at radius 2 is 2.09 bits per heavy atom. The normalized spacial score (nSPS) is 20.1. The minimum atomic E-state index is -0.320. The largest absolute Gasteiger partial charge is 0.491 e. The highest BCUT2D eigenvalue weighted by molar-refractivity contribution is 7.10. The van der Waals surface area contributed by atoms with E-state index in [2.05, 4.69) is 0 Å². The number of carbonyl (C=O) groups excluding carboxylic acids is 2. The summed E-state index contributed by atoms with van der Waals surface area (Å²) in [6.45, 7) is 3.87. The molecular weight excluding hydrogens is 431 g/mol. The van der Waals surface area contributed by atoms with Crippen LogP contribution in [0.25, 0.3) is 0 Å². The smallest absolute Gasteiger partial charge is 0.242 e. The zero-order valence-electron chi connectivity index (χ0n) is 18.3. The summed E-state index contributed by atoms with van der Waals surface area (Å²) < 4.78 is 24.8. The van der Waals surface area contributed by atoms with Crippen molar-refractivity contribution in [1.29, 1.82) is 0 Å². The van der Waals surface area contributed by atoms with E-state index >= 15 is 0 Å². The van der Waals surface area contributed by atoms with E-state index in [1.54, 1.807) is 28.4 Å². The molecule has 4 rings (SSSR count). The molecule has 2 atom stereocenters. The van der Waals surface area contributed by atoms with Crippen LogP contribution >= 0.6 is 11.3 Å². The number of nitrogens with zero attached hydrogens (tertiary/aromatic N) is 2. The van der Waals surface area contributed by atoms with Gasteiger partial charge in [-0.1, -0.05) is 6.92 Å². The second-order valence-corrected chi connectivity index (χ2v) is 9.18. The van der Waals surface area contributed by atoms with Crippen LogP contribution in [-0.2, 0) is 20.7 Å². The highest BCUT2D eigenvalue weighted by Gasteiger charge is 2.34. The Kier molecular flexibility index (Phi) is 7.42. The van der Waals surface area contributed by atoms with Gasteiger partial charge in [0.1, 0.15) is 18.2 Å². The predicted molar refractivity (Wildman–Crippen MR) is 120 cm³/mol. The molecule has 0 radical (unpaired) electrons. The van der Waals surface area contributed by atoms with Gasteiger partial charge in [0.05, 0.1) is 18.7 Å². The zero-order valence-corrected chi connectivity index (χ0v) is 19.1. The molecule has 0 aliphatic carbocycles. The van der Waals surface area contributed by atoms with Crippen LogP contribution in [0.1, 0.15) is 42.7 Å². The first-order valence-electron chi connectivity index (χ1n) is 11.2. The third-order valence-corrected chi connectivity index (χ3v) is 7.06. The summed E-state index contributed by atoms with van der Waals surface area (Å²) in [5.41, 5.74) is 1.09. The number of benzene rings is 1. The van der Waals surface area contributed by atoms with Crippen LogP contribution in [0.2, 0.25) is 0 Å². The van der Waals surface area contributed by atoms with E-state index in [1.807, 2.05) is 23.3 Å². The van der Waals surface area contributed by atoms with Gasteiger partial charge in [-0.3, -0.25) is 9.59 Å². The third kappa shape index (κ3) is 5.30. The number of fused-ring (bicyclic) bond motifs is 1. The Morgan fingerprint density at radius 1 is 1.28 bits per heavy atom. The lowest BCUT2D eigenvalue weighted by Gasteiger charge is -2.37. The minimum absolute atomic E-state index is 0.000684. The van der Waals surface area contributed by atoms with E-state index in [0.29, 0.717) is 31.9 Å². The van der Waals surface area contributed by atoms with Crippen LogP contribution < -0.4 is 4.74 Å². The molecule has 1 saturated heterocycles. The molecule has 1 aromatic carbocycles. The number of hydrogen-bond donors (Lipinski definition) is 0. The Balaban J connectivity index is 1.47. The van der Waals surface area contributed by atoms with Gasteiger partial charge in [-0.25, -0.2) is 4.39 Å². The van der Waals surface area contributed by atoms with Crippen molar-refractivity contribution >= 4 is 23.2 Å². The Morgan fingerprint density at radius 3 is 2.81 bits per heavy atom. The average Bonchev–Trinajstić information content (AvgIpc) is 3.49. The number of carbonyl (C=O) groups is 2. The van der Waals surface area contributed by atoms with E-state index in [4.69, 9.17) is 9.47 Å². The van der Waals surface area contributed by atoms with Crippen molar-refractivity contribution in [2.75, 3.05) is 32.8 Å². The fraction of sp³-hybridized carbons (Fsp3) is 0.500. The maximum absolute atomic E-state index is 13.4. The first kappa shape index (κ1) is 22.7. The number of rotatable bonds is 8. The lowest BCUT2D eigenvalue weighted by atomic mass is 10.0. The summed E-state index contributed by atoms with van der Waals surface area (Å²) >= 11 is 1.69. The molecule has 0 N–H and O–H groups in total. The quantitative estimate of drug-likeness (QED) is 0.601. The molecule has 8 heteroatoms. The second kappa shape index (κ2) is 10.4. The summed E-state index contributed by atoms with van der Waals surface area (Å²) in [5, 5.41) is 2.04. The maximum atomic E-state index is 13.4. The first-order valence-corrected chi connectivity index (χ1v) is 12.1. The molecule has 0 saturated carbocycles. The topological polar surface area (TPSA) is 59.1 Å². The molecular formula is C24H29FN2O4S. The highest BCUT2D eigenvalue weighted by atomic mass is 32.1. The van der Waals surface area contributed by atoms with E-state index < -0.39 is 0 Å². The van der Waals surface area contributed by atoms with Gasteiger partial charge in [0.25, 0.3) is 0 Å². The molecule has 2 amide bonds. The highest BCUT2D eigenvalue weighted by Crippen LogP contribution is 2.34. The number of halogens is 1. The van der Waals surface area contributed by atoms with Gasteiger partial charge in [-0.05, 0) is 60.5 Å². The first-order chi connectivity index (χ1) is 15.5. The summed E-state index contributed by atoms with van der Waals surface area (Å²) in [5.74, 6) is 0.108. The molecule has 32 heavy (non-hydrogen) atoms. The zero-order chi connectivity index (χ0) is 22.5. The van der Waals surface area contributed by atoms with Crippen molar-refractivity contribution in [3.63, 3.8) is 0 Å². The van der Waals surface area contributed by atoms with Crippen LogP contribution in [0, 0.1) is 5.82 Å². The van der Waals surface area contributed by atoms with Crippen LogP contribution in [0.3, 0.4) is 0 Å². The summed E-state index contributed by atoms with van der Waals surface area (Å²) in [4.78, 5) is 30.6. The van der Waals surface area contributed by atoms with Gasteiger partial charge in [0.2, 0.25) is 11.8 Å². The summed E-state index contributed by atoms with van der Waals surface area (Å²) in [6.07, 6.45) is 3.05. The molecule has 2 aliphatic rings. The molecule has 172 valence electrons. The SMILES string of the molecule is CCC(=O)N(CC(=O)N1CCc2sccc2[C@H]1COc1ccc(F)cc1)C[C@@H]1CCCO1. The molecule has 6 nitrogen and oxygen atoms in total. The van der Waals surface area contributed by atoms with Crippen molar-refractivity contribution in [1.82, 2.24) is 9.80 Å². The van der Waals surface area contributed by atoms with Crippen LogP contribution in [0.15, 0.2) is 35.7 Å². The number of amides is 2. The van der Waals surface area contributed by atoms with Crippen molar-refractivity contribution in [2.45, 2.75) is 44.8 Å². The number of hydrogen-bond acceptors (Lipinski definition) is 5. The minimum Gasteiger partial charge on any atom is -0.491 e. The summed E-state index contributed by atoms with van der Waals surface area (Å²) in [6, 6.07) is 7.68. The number of ether oxygens (including phenoxy) is 2. The van der Waals surface area contributed by atoms with Crippen molar-refractivity contribution in [2.24, 2.45) is 0 Å². The van der Waals surface area contributed by atoms with Gasteiger partial charge in [0.15, 0.2) is 0 Å². The molecule has 2 aromatic rings. The van der Waals surface area contributed by atoms with Crippen LogP contribution in [0.4, 0.5) is 4.39 Å². The van der Waals surface area contributed by atoms with Crippen LogP contribution in [0.5, 0.6) is 5.75 Å². The van der Waals surface area contributed by atoms with Crippen molar-refractivity contribution in [3.8, 4) is 5.75 Å². The molecule has 1 aromatic heterocycles. The van der Waals surface area contributed by atoms with Crippen molar-refractivity contribution in [3.05, 3.63) is 52.0 Å². The van der Waals surface area contributed by atoms with Gasteiger partial charge in [0, 0.05) is 31.0 Å². The molecule has 2 aliphatic heterocycles. The fourth-order valence-corrected chi connectivity index (χ4v) is 5.28.